The van der Waals surface area contributed by atoms with E-state index >= 15 is 0 Å². The molecule has 0 aromatic heterocycles. The largest absolute Gasteiger partial charge is 0.469 e. The number of oxime groups is 1. The number of hydrogen-bond acceptors (Lipinski definition) is 6. The molecule has 0 aromatic rings. The Labute approximate surface area is 149 Å². The molecule has 0 saturated heterocycles. The van der Waals surface area contributed by atoms with E-state index in [2.05, 4.69) is 24.3 Å². The summed E-state index contributed by atoms with van der Waals surface area (Å²) in [7, 11) is 1.36. The lowest BCUT2D eigenvalue weighted by molar-refractivity contribution is -0.149. The summed E-state index contributed by atoms with van der Waals surface area (Å²) in [6.07, 6.45) is 1.45. The molecule has 0 unspecified atom stereocenters. The van der Waals surface area contributed by atoms with Crippen molar-refractivity contribution in [3.8, 4) is 0 Å². The first-order valence-corrected chi connectivity index (χ1v) is 9.02. The number of carbonyl (C=O) groups is 2. The van der Waals surface area contributed by atoms with Crippen molar-refractivity contribution in [3.05, 3.63) is 0 Å². The molecule has 25 heavy (non-hydrogen) atoms. The highest BCUT2D eigenvalue weighted by Crippen LogP contribution is 2.42. The van der Waals surface area contributed by atoms with Gasteiger partial charge in [0.25, 0.3) is 0 Å². The molecular weight excluding hydrogens is 324 g/mol. The third kappa shape index (κ3) is 4.25. The maximum atomic E-state index is 12.2. The molecule has 4 atom stereocenters. The SMILES string of the molecule is CCC(CC)C1=NO[C@H]2[C@H]1[C@H](NC(=O)OC(C)(C)C)C[C@H]2C(=O)OC. The van der Waals surface area contributed by atoms with Crippen LogP contribution in [0.4, 0.5) is 4.79 Å². The summed E-state index contributed by atoms with van der Waals surface area (Å²) in [5, 5.41) is 7.20. The van der Waals surface area contributed by atoms with Crippen LogP contribution in [0.3, 0.4) is 0 Å². The van der Waals surface area contributed by atoms with Crippen LogP contribution in [0.25, 0.3) is 0 Å². The maximum Gasteiger partial charge on any atom is 0.407 e. The second-order valence-electron chi connectivity index (χ2n) is 7.74. The van der Waals surface area contributed by atoms with Gasteiger partial charge in [-0.2, -0.15) is 0 Å². The summed E-state index contributed by atoms with van der Waals surface area (Å²) >= 11 is 0. The highest BCUT2D eigenvalue weighted by molar-refractivity contribution is 5.93. The number of esters is 1. The average Bonchev–Trinajstić information content (AvgIpc) is 3.08. The number of methoxy groups -OCH3 is 1. The number of alkyl carbamates (subject to hydrolysis) is 1. The number of ether oxygens (including phenoxy) is 2. The fourth-order valence-electron chi connectivity index (χ4n) is 3.77. The molecular formula is C18H30N2O5. The van der Waals surface area contributed by atoms with Crippen molar-refractivity contribution < 1.29 is 23.9 Å². The van der Waals surface area contributed by atoms with E-state index in [0.29, 0.717) is 6.42 Å². The predicted octanol–water partition coefficient (Wildman–Crippen LogP) is 2.88. The first-order valence-electron chi connectivity index (χ1n) is 9.02. The first-order chi connectivity index (χ1) is 11.7. The van der Waals surface area contributed by atoms with Gasteiger partial charge in [-0.25, -0.2) is 4.79 Å². The lowest BCUT2D eigenvalue weighted by Gasteiger charge is -2.25. The van der Waals surface area contributed by atoms with E-state index in [-0.39, 0.29) is 30.0 Å². The Balaban J connectivity index is 2.20. The maximum absolute atomic E-state index is 12.2. The van der Waals surface area contributed by atoms with Gasteiger partial charge < -0.3 is 19.6 Å². The van der Waals surface area contributed by atoms with Crippen LogP contribution in [0, 0.1) is 17.8 Å². The van der Waals surface area contributed by atoms with Gasteiger partial charge in [0.05, 0.1) is 24.7 Å². The van der Waals surface area contributed by atoms with Crippen LogP contribution in [-0.4, -0.2) is 42.6 Å². The number of hydrogen-bond donors (Lipinski definition) is 1. The number of amides is 1. The Morgan fingerprint density at radius 1 is 1.32 bits per heavy atom. The van der Waals surface area contributed by atoms with Crippen molar-refractivity contribution >= 4 is 17.8 Å². The summed E-state index contributed by atoms with van der Waals surface area (Å²) in [6, 6.07) is -0.259. The number of rotatable bonds is 5. The lowest BCUT2D eigenvalue weighted by atomic mass is 9.84. The highest BCUT2D eigenvalue weighted by atomic mass is 16.6. The van der Waals surface area contributed by atoms with Crippen LogP contribution in [-0.2, 0) is 19.1 Å². The molecule has 7 nitrogen and oxygen atoms in total. The zero-order valence-corrected chi connectivity index (χ0v) is 16.0. The Bertz CT molecular complexity index is 536. The molecule has 1 aliphatic heterocycles. The molecule has 142 valence electrons. The molecule has 2 aliphatic rings. The standard InChI is InChI=1S/C18H30N2O5/c1-7-10(8-2)14-13-12(19-17(22)24-18(3,4)5)9-11(16(21)23-6)15(13)25-20-14/h10-13,15H,7-9H2,1-6H3,(H,19,22)/t11-,12-,13+,15-/m1/s1. The molecule has 1 fully saturated rings. The molecule has 0 spiro atoms. The number of nitrogens with one attached hydrogen (secondary N) is 1. The van der Waals surface area contributed by atoms with Crippen molar-refractivity contribution in [2.24, 2.45) is 22.9 Å². The van der Waals surface area contributed by atoms with Crippen molar-refractivity contribution in [2.45, 2.75) is 71.6 Å². The number of nitrogens with zero attached hydrogens (tertiary/aromatic N) is 1. The van der Waals surface area contributed by atoms with Gasteiger partial charge in [-0.15, -0.1) is 0 Å². The summed E-state index contributed by atoms with van der Waals surface area (Å²) in [5.74, 6) is -0.620. The van der Waals surface area contributed by atoms with Gasteiger partial charge >= 0.3 is 12.1 Å². The Morgan fingerprint density at radius 3 is 2.48 bits per heavy atom. The molecule has 1 saturated carbocycles. The van der Waals surface area contributed by atoms with Crippen LogP contribution >= 0.6 is 0 Å². The van der Waals surface area contributed by atoms with E-state index in [1.54, 1.807) is 0 Å². The molecule has 1 N–H and O–H groups in total. The Hall–Kier alpha value is -1.79. The second kappa shape index (κ2) is 7.62. The Morgan fingerprint density at radius 2 is 1.96 bits per heavy atom. The normalized spacial score (nSPS) is 28.2. The Kier molecular flexibility index (Phi) is 5.95. The molecule has 1 amide bonds. The summed E-state index contributed by atoms with van der Waals surface area (Å²) in [4.78, 5) is 30.0. The molecule has 1 aliphatic carbocycles. The molecule has 0 bridgehead atoms. The lowest BCUT2D eigenvalue weighted by Crippen LogP contribution is -2.45. The van der Waals surface area contributed by atoms with Crippen LogP contribution in [0.2, 0.25) is 0 Å². The van der Waals surface area contributed by atoms with Gasteiger partial charge in [-0.1, -0.05) is 19.0 Å². The number of carbonyl (C=O) groups excluding carboxylic acids is 2. The first kappa shape index (κ1) is 19.5. The van der Waals surface area contributed by atoms with E-state index in [4.69, 9.17) is 14.3 Å². The van der Waals surface area contributed by atoms with Gasteiger partial charge in [0.15, 0.2) is 6.10 Å². The van der Waals surface area contributed by atoms with Gasteiger partial charge in [0.2, 0.25) is 0 Å². The highest BCUT2D eigenvalue weighted by Gasteiger charge is 2.55. The van der Waals surface area contributed by atoms with Crippen LogP contribution in [0.5, 0.6) is 0 Å². The third-order valence-corrected chi connectivity index (χ3v) is 4.92. The monoisotopic (exact) mass is 354 g/mol. The van der Waals surface area contributed by atoms with E-state index in [1.165, 1.54) is 7.11 Å². The van der Waals surface area contributed by atoms with Gasteiger partial charge in [0, 0.05) is 12.0 Å². The predicted molar refractivity (Wildman–Crippen MR) is 93.2 cm³/mol. The van der Waals surface area contributed by atoms with E-state index in [9.17, 15) is 9.59 Å². The van der Waals surface area contributed by atoms with E-state index in [0.717, 1.165) is 18.6 Å². The minimum atomic E-state index is -0.581. The van der Waals surface area contributed by atoms with Gasteiger partial charge in [-0.3, -0.25) is 4.79 Å². The van der Waals surface area contributed by atoms with Crippen LogP contribution in [0.15, 0.2) is 5.16 Å². The second-order valence-corrected chi connectivity index (χ2v) is 7.74. The molecule has 7 heteroatoms. The quantitative estimate of drug-likeness (QED) is 0.767. The van der Waals surface area contributed by atoms with Gasteiger partial charge in [-0.05, 0) is 40.0 Å². The van der Waals surface area contributed by atoms with Crippen LogP contribution in [0.1, 0.15) is 53.9 Å². The zero-order chi connectivity index (χ0) is 18.8. The topological polar surface area (TPSA) is 86.2 Å². The van der Waals surface area contributed by atoms with Crippen LogP contribution < -0.4 is 5.32 Å². The average molecular weight is 354 g/mol. The minimum Gasteiger partial charge on any atom is -0.469 e. The third-order valence-electron chi connectivity index (χ3n) is 4.92. The van der Waals surface area contributed by atoms with E-state index < -0.39 is 17.6 Å². The fraction of sp³-hybridized carbons (Fsp3) is 0.833. The fourth-order valence-corrected chi connectivity index (χ4v) is 3.77. The summed E-state index contributed by atoms with van der Waals surface area (Å²) < 4.78 is 10.3. The van der Waals surface area contributed by atoms with Crippen molar-refractivity contribution in [1.82, 2.24) is 5.32 Å². The smallest absolute Gasteiger partial charge is 0.407 e. The molecule has 0 aromatic carbocycles. The summed E-state index contributed by atoms with van der Waals surface area (Å²) in [5.41, 5.74) is 0.352. The number of fused-ring (bicyclic) bond motifs is 1. The molecule has 1 heterocycles. The molecule has 2 rings (SSSR count). The van der Waals surface area contributed by atoms with Crippen molar-refractivity contribution in [2.75, 3.05) is 7.11 Å². The molecule has 0 radical (unpaired) electrons. The van der Waals surface area contributed by atoms with E-state index in [1.807, 2.05) is 20.8 Å². The van der Waals surface area contributed by atoms with Crippen molar-refractivity contribution in [3.63, 3.8) is 0 Å². The minimum absolute atomic E-state index is 0.124. The zero-order valence-electron chi connectivity index (χ0n) is 16.0. The van der Waals surface area contributed by atoms with Crippen molar-refractivity contribution in [1.29, 1.82) is 0 Å². The summed E-state index contributed by atoms with van der Waals surface area (Å²) in [6.45, 7) is 9.66. The van der Waals surface area contributed by atoms with Gasteiger partial charge in [0.1, 0.15) is 5.60 Å².